The Morgan fingerprint density at radius 2 is 1.93 bits per heavy atom. The lowest BCUT2D eigenvalue weighted by atomic mass is 10.0. The Kier molecular flexibility index (Phi) is 7.63. The lowest BCUT2D eigenvalue weighted by Crippen LogP contribution is -2.34. The van der Waals surface area contributed by atoms with E-state index in [2.05, 4.69) is 15.3 Å². The minimum absolute atomic E-state index is 0.0198. The highest BCUT2D eigenvalue weighted by atomic mass is 32.2. The molecule has 1 aliphatic heterocycles. The molecule has 2 N–H and O–H groups in total. The molecule has 1 fully saturated rings. The van der Waals surface area contributed by atoms with Crippen molar-refractivity contribution in [1.29, 1.82) is 0 Å². The zero-order valence-corrected chi connectivity index (χ0v) is 22.1. The van der Waals surface area contributed by atoms with Crippen LogP contribution in [0.4, 0.5) is 24.8 Å². The predicted octanol–water partition coefficient (Wildman–Crippen LogP) is 3.47. The number of hydrogen-bond donors (Lipinski definition) is 2. The zero-order valence-electron chi connectivity index (χ0n) is 21.3. The molecule has 0 amide bonds. The van der Waals surface area contributed by atoms with Crippen LogP contribution in [0.25, 0.3) is 22.2 Å². The van der Waals surface area contributed by atoms with Gasteiger partial charge < -0.3 is 10.1 Å². The predicted molar refractivity (Wildman–Crippen MR) is 144 cm³/mol. The highest BCUT2D eigenvalue weighted by Crippen LogP contribution is 2.31. The van der Waals surface area contributed by atoms with Crippen LogP contribution in [-0.4, -0.2) is 59.7 Å². The Bertz CT molecular complexity index is 1720. The standard InChI is InChI=1S/C26H25F3N6O4S/c1-34-24-16(14-31-26(32-24)30-10-12-39-18-5-3-2-4-6-18)13-19(25(34)36)22-20(28)7-8-21(23(22)29)33-40(37,38)35-11-9-17(27)15-35/h2-8,13-14,17,33H,9-12,15H2,1H3,(H,30,31,32)/t17-/m1/s1. The third-order valence-corrected chi connectivity index (χ3v) is 7.87. The summed E-state index contributed by atoms with van der Waals surface area (Å²) in [5.74, 6) is -1.43. The van der Waals surface area contributed by atoms with Crippen molar-refractivity contribution in [2.45, 2.75) is 12.6 Å². The summed E-state index contributed by atoms with van der Waals surface area (Å²) in [4.78, 5) is 21.8. The molecule has 0 saturated carbocycles. The molecule has 3 heterocycles. The van der Waals surface area contributed by atoms with Crippen LogP contribution in [0.5, 0.6) is 5.75 Å². The Hall–Kier alpha value is -4.17. The largest absolute Gasteiger partial charge is 0.492 e. The van der Waals surface area contributed by atoms with E-state index in [1.807, 2.05) is 35.1 Å². The molecule has 0 bridgehead atoms. The smallest absolute Gasteiger partial charge is 0.301 e. The fourth-order valence-corrected chi connectivity index (χ4v) is 5.62. The molecule has 40 heavy (non-hydrogen) atoms. The molecule has 14 heteroatoms. The second-order valence-electron chi connectivity index (χ2n) is 9.12. The second-order valence-corrected chi connectivity index (χ2v) is 10.8. The van der Waals surface area contributed by atoms with E-state index in [0.717, 1.165) is 21.0 Å². The molecule has 2 aromatic heterocycles. The average molecular weight is 575 g/mol. The van der Waals surface area contributed by atoms with Crippen molar-refractivity contribution >= 4 is 32.9 Å². The van der Waals surface area contributed by atoms with Crippen molar-refractivity contribution < 1.29 is 26.3 Å². The maximum atomic E-state index is 15.5. The van der Waals surface area contributed by atoms with Crippen molar-refractivity contribution in [2.24, 2.45) is 7.05 Å². The van der Waals surface area contributed by atoms with Crippen LogP contribution in [0.3, 0.4) is 0 Å². The summed E-state index contributed by atoms with van der Waals surface area (Å²) in [6, 6.07) is 12.2. The van der Waals surface area contributed by atoms with Gasteiger partial charge in [-0.05, 0) is 36.8 Å². The number of pyridine rings is 1. The van der Waals surface area contributed by atoms with E-state index in [-0.39, 0.29) is 36.7 Å². The van der Waals surface area contributed by atoms with Crippen LogP contribution < -0.4 is 20.3 Å². The molecule has 0 aliphatic carbocycles. The van der Waals surface area contributed by atoms with Gasteiger partial charge in [0, 0.05) is 31.7 Å². The van der Waals surface area contributed by atoms with E-state index in [1.54, 1.807) is 0 Å². The average Bonchev–Trinajstić information content (AvgIpc) is 3.39. The van der Waals surface area contributed by atoms with Gasteiger partial charge in [0.05, 0.1) is 23.4 Å². The van der Waals surface area contributed by atoms with Gasteiger partial charge >= 0.3 is 10.2 Å². The maximum Gasteiger partial charge on any atom is 0.301 e. The van der Waals surface area contributed by atoms with Gasteiger partial charge in [0.25, 0.3) is 5.56 Å². The van der Waals surface area contributed by atoms with E-state index in [0.29, 0.717) is 24.3 Å². The van der Waals surface area contributed by atoms with Gasteiger partial charge in [-0.15, -0.1) is 0 Å². The van der Waals surface area contributed by atoms with Gasteiger partial charge in [-0.2, -0.15) is 17.7 Å². The molecule has 1 aliphatic rings. The number of nitrogens with zero attached hydrogens (tertiary/aromatic N) is 4. The number of halogens is 3. The zero-order chi connectivity index (χ0) is 28.4. The van der Waals surface area contributed by atoms with Crippen molar-refractivity contribution in [2.75, 3.05) is 36.3 Å². The summed E-state index contributed by atoms with van der Waals surface area (Å²) < 4.78 is 78.8. The minimum Gasteiger partial charge on any atom is -0.492 e. The van der Waals surface area contributed by atoms with E-state index in [4.69, 9.17) is 4.74 Å². The van der Waals surface area contributed by atoms with Crippen molar-refractivity contribution in [1.82, 2.24) is 18.8 Å². The first-order chi connectivity index (χ1) is 19.1. The number of aromatic nitrogens is 3. The van der Waals surface area contributed by atoms with Crippen LogP contribution in [0.15, 0.2) is 59.5 Å². The topological polar surface area (TPSA) is 118 Å². The first-order valence-corrected chi connectivity index (χ1v) is 13.8. The van der Waals surface area contributed by atoms with Crippen molar-refractivity contribution in [3.05, 3.63) is 76.7 Å². The van der Waals surface area contributed by atoms with Gasteiger partial charge in [0.1, 0.15) is 30.0 Å². The van der Waals surface area contributed by atoms with Gasteiger partial charge in [-0.3, -0.25) is 14.1 Å². The number of rotatable bonds is 9. The quantitative estimate of drug-likeness (QED) is 0.294. The molecule has 4 aromatic rings. The van der Waals surface area contributed by atoms with Gasteiger partial charge in [-0.1, -0.05) is 18.2 Å². The van der Waals surface area contributed by atoms with E-state index in [1.165, 1.54) is 19.3 Å². The van der Waals surface area contributed by atoms with Gasteiger partial charge in [-0.25, -0.2) is 18.2 Å². The molecule has 1 atom stereocenters. The first-order valence-electron chi connectivity index (χ1n) is 12.3. The third-order valence-electron chi connectivity index (χ3n) is 6.38. The Balaban J connectivity index is 1.40. The first kappa shape index (κ1) is 27.4. The van der Waals surface area contributed by atoms with Crippen LogP contribution in [-0.2, 0) is 17.3 Å². The lowest BCUT2D eigenvalue weighted by molar-refractivity contribution is 0.332. The molecule has 210 valence electrons. The SMILES string of the molecule is Cn1c(=O)c(-c2c(F)ccc(NS(=O)(=O)N3CC[C@@H](F)C3)c2F)cc2cnc(NCCOc3ccccc3)nc21. The monoisotopic (exact) mass is 574 g/mol. The summed E-state index contributed by atoms with van der Waals surface area (Å²) in [6.45, 7) is 0.254. The molecule has 5 rings (SSSR count). The molecule has 1 saturated heterocycles. The number of nitrogens with one attached hydrogen (secondary N) is 2. The van der Waals surface area contributed by atoms with E-state index < -0.39 is 44.8 Å². The van der Waals surface area contributed by atoms with Crippen molar-refractivity contribution in [3.8, 4) is 16.9 Å². The number of benzene rings is 2. The number of para-hydroxylation sites is 1. The van der Waals surface area contributed by atoms with Crippen LogP contribution in [0.1, 0.15) is 6.42 Å². The summed E-state index contributed by atoms with van der Waals surface area (Å²) in [7, 11) is -2.91. The Morgan fingerprint density at radius 1 is 1.15 bits per heavy atom. The summed E-state index contributed by atoms with van der Waals surface area (Å²) in [5.41, 5.74) is -2.19. The van der Waals surface area contributed by atoms with Crippen molar-refractivity contribution in [3.63, 3.8) is 0 Å². The van der Waals surface area contributed by atoms with Crippen LogP contribution >= 0.6 is 0 Å². The fraction of sp³-hybridized carbons (Fsp3) is 0.269. The van der Waals surface area contributed by atoms with Gasteiger partial charge in [0.2, 0.25) is 5.95 Å². The van der Waals surface area contributed by atoms with Gasteiger partial charge in [0.15, 0.2) is 5.82 Å². The molecule has 10 nitrogen and oxygen atoms in total. The summed E-state index contributed by atoms with van der Waals surface area (Å²) >= 11 is 0. The Labute approximate surface area is 227 Å². The molecular formula is C26H25F3N6O4S. The molecule has 0 unspecified atom stereocenters. The highest BCUT2D eigenvalue weighted by molar-refractivity contribution is 7.90. The summed E-state index contributed by atoms with van der Waals surface area (Å²) in [5, 5.41) is 3.32. The minimum atomic E-state index is -4.30. The highest BCUT2D eigenvalue weighted by Gasteiger charge is 2.32. The molecular weight excluding hydrogens is 549 g/mol. The molecule has 2 aromatic carbocycles. The van der Waals surface area contributed by atoms with Crippen LogP contribution in [0, 0.1) is 11.6 Å². The second kappa shape index (κ2) is 11.1. The van der Waals surface area contributed by atoms with E-state index in [9.17, 15) is 22.0 Å². The Morgan fingerprint density at radius 3 is 2.65 bits per heavy atom. The normalized spacial score (nSPS) is 15.8. The summed E-state index contributed by atoms with van der Waals surface area (Å²) in [6.07, 6.45) is 0.0900. The number of anilines is 2. The number of aryl methyl sites for hydroxylation is 1. The number of hydrogen-bond acceptors (Lipinski definition) is 7. The third kappa shape index (κ3) is 5.58. The van der Waals surface area contributed by atoms with Crippen LogP contribution in [0.2, 0.25) is 0 Å². The number of ether oxygens (including phenoxy) is 1. The molecule has 0 radical (unpaired) electrons. The molecule has 0 spiro atoms. The fourth-order valence-electron chi connectivity index (χ4n) is 4.35. The lowest BCUT2D eigenvalue weighted by Gasteiger charge is -2.18. The number of fused-ring (bicyclic) bond motifs is 1. The number of alkyl halides is 1. The van der Waals surface area contributed by atoms with E-state index >= 15 is 4.39 Å². The maximum absolute atomic E-state index is 15.5.